The van der Waals surface area contributed by atoms with Gasteiger partial charge in [-0.15, -0.1) is 0 Å². The summed E-state index contributed by atoms with van der Waals surface area (Å²) in [4.78, 5) is 0. The summed E-state index contributed by atoms with van der Waals surface area (Å²) in [5.41, 5.74) is 4.93. The predicted octanol–water partition coefficient (Wildman–Crippen LogP) is 7.08. The Morgan fingerprint density at radius 1 is 0.400 bits per heavy atom. The number of aryl methyl sites for hydroxylation is 4. The minimum absolute atomic E-state index is 0.772. The molecule has 4 nitrogen and oxygen atoms in total. The van der Waals surface area contributed by atoms with Gasteiger partial charge in [-0.1, -0.05) is 36.4 Å². The van der Waals surface area contributed by atoms with Crippen LogP contribution in [0.4, 0.5) is 0 Å². The quantitative estimate of drug-likeness (QED) is 0.236. The Hall–Kier alpha value is -3.92. The Morgan fingerprint density at radius 2 is 0.886 bits per heavy atom. The molecule has 4 heteroatoms. The van der Waals surface area contributed by atoms with E-state index in [0.717, 1.165) is 60.0 Å². The Labute approximate surface area is 208 Å². The minimum atomic E-state index is 0.772. The average Bonchev–Trinajstić information content (AvgIpc) is 2.91. The van der Waals surface area contributed by atoms with Crippen LogP contribution in [0.2, 0.25) is 0 Å². The van der Waals surface area contributed by atoms with Gasteiger partial charge in [-0.05, 0) is 96.5 Å². The lowest BCUT2D eigenvalue weighted by atomic mass is 10.0. The lowest BCUT2D eigenvalue weighted by Crippen LogP contribution is -1.95. The summed E-state index contributed by atoms with van der Waals surface area (Å²) in [7, 11) is 5.07. The number of methoxy groups -OCH3 is 3. The fourth-order valence-corrected chi connectivity index (χ4v) is 4.05. The zero-order chi connectivity index (χ0) is 24.5. The van der Waals surface area contributed by atoms with Crippen LogP contribution in [0, 0.1) is 0 Å². The van der Waals surface area contributed by atoms with Gasteiger partial charge in [0.05, 0.1) is 21.3 Å². The molecule has 4 aromatic rings. The second-order valence-electron chi connectivity index (χ2n) is 8.47. The van der Waals surface area contributed by atoms with E-state index in [0.29, 0.717) is 0 Å². The van der Waals surface area contributed by atoms with Gasteiger partial charge in [-0.25, -0.2) is 0 Å². The van der Waals surface area contributed by atoms with Gasteiger partial charge in [0, 0.05) is 6.07 Å². The Bertz CT molecular complexity index is 1230. The molecular formula is C31H32O4. The Morgan fingerprint density at radius 3 is 1.46 bits per heavy atom. The lowest BCUT2D eigenvalue weighted by Gasteiger charge is -2.12. The molecule has 0 radical (unpaired) electrons. The second-order valence-corrected chi connectivity index (χ2v) is 8.47. The summed E-state index contributed by atoms with van der Waals surface area (Å²) in [6.45, 7) is 0. The van der Waals surface area contributed by atoms with Crippen LogP contribution in [-0.4, -0.2) is 21.3 Å². The summed E-state index contributed by atoms with van der Waals surface area (Å²) in [5.74, 6) is 4.14. The molecule has 0 aliphatic rings. The molecule has 0 amide bonds. The molecule has 0 aliphatic carbocycles. The van der Waals surface area contributed by atoms with Crippen molar-refractivity contribution in [3.8, 4) is 28.7 Å². The fraction of sp³-hybridized carbons (Fsp3) is 0.226. The highest BCUT2D eigenvalue weighted by Crippen LogP contribution is 2.29. The van der Waals surface area contributed by atoms with Gasteiger partial charge in [0.15, 0.2) is 0 Å². The van der Waals surface area contributed by atoms with Crippen LogP contribution in [0.1, 0.15) is 22.3 Å². The third kappa shape index (κ3) is 7.03. The maximum atomic E-state index is 6.18. The Balaban J connectivity index is 1.38. The minimum Gasteiger partial charge on any atom is -0.497 e. The summed E-state index contributed by atoms with van der Waals surface area (Å²) in [5, 5.41) is 0. The molecular weight excluding hydrogens is 436 g/mol. The molecule has 35 heavy (non-hydrogen) atoms. The van der Waals surface area contributed by atoms with E-state index in [2.05, 4.69) is 48.5 Å². The number of ether oxygens (including phenoxy) is 4. The van der Waals surface area contributed by atoms with Crippen LogP contribution in [0.25, 0.3) is 0 Å². The first-order valence-corrected chi connectivity index (χ1v) is 11.9. The number of rotatable bonds is 11. The highest BCUT2D eigenvalue weighted by molar-refractivity contribution is 5.42. The first-order valence-electron chi connectivity index (χ1n) is 11.9. The second kappa shape index (κ2) is 12.0. The fourth-order valence-electron chi connectivity index (χ4n) is 4.05. The van der Waals surface area contributed by atoms with E-state index in [4.69, 9.17) is 18.9 Å². The van der Waals surface area contributed by atoms with Crippen LogP contribution >= 0.6 is 0 Å². The monoisotopic (exact) mass is 468 g/mol. The van der Waals surface area contributed by atoms with Crippen molar-refractivity contribution in [2.75, 3.05) is 21.3 Å². The van der Waals surface area contributed by atoms with Crippen molar-refractivity contribution in [2.24, 2.45) is 0 Å². The van der Waals surface area contributed by atoms with Crippen molar-refractivity contribution in [3.63, 3.8) is 0 Å². The molecule has 0 saturated heterocycles. The lowest BCUT2D eigenvalue weighted by molar-refractivity contribution is 0.408. The van der Waals surface area contributed by atoms with Crippen LogP contribution in [0.3, 0.4) is 0 Å². The number of hydrogen-bond donors (Lipinski definition) is 0. The molecule has 0 spiro atoms. The van der Waals surface area contributed by atoms with E-state index in [1.54, 1.807) is 21.3 Å². The zero-order valence-electron chi connectivity index (χ0n) is 20.6. The molecule has 0 fully saturated rings. The standard InChI is InChI=1S/C31H32O4/c1-32-28-8-4-6-24(18-28)11-10-23-14-16-27(17-15-23)35-31-21-26(20-30(22-31)34-3)13-12-25-7-5-9-29(19-25)33-2/h4-9,14-22H,10-13H2,1-3H3. The molecule has 0 bridgehead atoms. The molecule has 0 aromatic heterocycles. The highest BCUT2D eigenvalue weighted by Gasteiger charge is 2.06. The van der Waals surface area contributed by atoms with E-state index in [9.17, 15) is 0 Å². The topological polar surface area (TPSA) is 36.9 Å². The molecule has 4 rings (SSSR count). The predicted molar refractivity (Wildman–Crippen MR) is 140 cm³/mol. The first kappa shape index (κ1) is 24.2. The number of benzene rings is 4. The summed E-state index contributed by atoms with van der Waals surface area (Å²) in [6.07, 6.45) is 3.71. The maximum absolute atomic E-state index is 6.18. The van der Waals surface area contributed by atoms with Crippen molar-refractivity contribution in [3.05, 3.63) is 113 Å². The van der Waals surface area contributed by atoms with E-state index >= 15 is 0 Å². The molecule has 180 valence electrons. The van der Waals surface area contributed by atoms with Gasteiger partial charge in [-0.3, -0.25) is 0 Å². The van der Waals surface area contributed by atoms with Crippen molar-refractivity contribution in [1.29, 1.82) is 0 Å². The molecule has 0 aliphatic heterocycles. The summed E-state index contributed by atoms with van der Waals surface area (Å²) >= 11 is 0. The van der Waals surface area contributed by atoms with Gasteiger partial charge in [-0.2, -0.15) is 0 Å². The first-order chi connectivity index (χ1) is 17.1. The summed E-state index contributed by atoms with van der Waals surface area (Å²) in [6, 6.07) is 30.8. The number of hydrogen-bond acceptors (Lipinski definition) is 4. The molecule has 0 unspecified atom stereocenters. The van der Waals surface area contributed by atoms with E-state index in [-0.39, 0.29) is 0 Å². The molecule has 0 saturated carbocycles. The largest absolute Gasteiger partial charge is 0.497 e. The van der Waals surface area contributed by atoms with E-state index in [1.807, 2.05) is 42.5 Å². The Kier molecular flexibility index (Phi) is 8.29. The van der Waals surface area contributed by atoms with Crippen molar-refractivity contribution in [2.45, 2.75) is 25.7 Å². The van der Waals surface area contributed by atoms with Crippen LogP contribution < -0.4 is 18.9 Å². The van der Waals surface area contributed by atoms with Gasteiger partial charge < -0.3 is 18.9 Å². The van der Waals surface area contributed by atoms with Gasteiger partial charge >= 0.3 is 0 Å². The zero-order valence-corrected chi connectivity index (χ0v) is 20.6. The maximum Gasteiger partial charge on any atom is 0.131 e. The third-order valence-corrected chi connectivity index (χ3v) is 6.01. The van der Waals surface area contributed by atoms with Crippen molar-refractivity contribution in [1.82, 2.24) is 0 Å². The van der Waals surface area contributed by atoms with E-state index < -0.39 is 0 Å². The smallest absolute Gasteiger partial charge is 0.131 e. The van der Waals surface area contributed by atoms with Crippen LogP contribution in [0.15, 0.2) is 91.0 Å². The molecule has 0 atom stereocenters. The van der Waals surface area contributed by atoms with Gasteiger partial charge in [0.2, 0.25) is 0 Å². The molecule has 4 aromatic carbocycles. The summed E-state index contributed by atoms with van der Waals surface area (Å²) < 4.78 is 22.4. The average molecular weight is 469 g/mol. The van der Waals surface area contributed by atoms with Gasteiger partial charge in [0.25, 0.3) is 0 Å². The van der Waals surface area contributed by atoms with Crippen molar-refractivity contribution >= 4 is 0 Å². The van der Waals surface area contributed by atoms with Gasteiger partial charge in [0.1, 0.15) is 28.7 Å². The molecule has 0 heterocycles. The van der Waals surface area contributed by atoms with E-state index in [1.165, 1.54) is 16.7 Å². The third-order valence-electron chi connectivity index (χ3n) is 6.01. The molecule has 0 N–H and O–H groups in total. The van der Waals surface area contributed by atoms with Crippen LogP contribution in [0.5, 0.6) is 28.7 Å². The van der Waals surface area contributed by atoms with Crippen molar-refractivity contribution < 1.29 is 18.9 Å². The highest BCUT2D eigenvalue weighted by atomic mass is 16.5. The normalized spacial score (nSPS) is 10.6. The van der Waals surface area contributed by atoms with Crippen LogP contribution in [-0.2, 0) is 25.7 Å². The SMILES string of the molecule is COc1cccc(CCc2ccc(Oc3cc(CCc4cccc(OC)c4)cc(OC)c3)cc2)c1.